The standard InChI is InChI=1S/C32H19IN2S/c33-26-11-7-20(8-12-26)21-5-6-22-15-25(19-35-30(22)17-21)24-9-13-29(34-18-24)23-10-14-32-28(16-23)27-3-1-2-4-31(27)36-32/h1-19H. The summed E-state index contributed by atoms with van der Waals surface area (Å²) < 4.78 is 3.87. The molecule has 0 unspecified atom stereocenters. The average Bonchev–Trinajstić information content (AvgIpc) is 3.31. The van der Waals surface area contributed by atoms with E-state index in [0.29, 0.717) is 0 Å². The SMILES string of the molecule is Ic1ccc(-c2ccc3cc(-c4ccc(-c5ccc6sc7ccccc7c6c5)nc4)cnc3c2)cc1. The number of aromatic nitrogens is 2. The van der Waals surface area contributed by atoms with Gasteiger partial charge in [-0.2, -0.15) is 0 Å². The number of rotatable bonds is 3. The molecule has 0 amide bonds. The minimum absolute atomic E-state index is 0.979. The van der Waals surface area contributed by atoms with Crippen LogP contribution in [0.15, 0.2) is 116 Å². The molecule has 4 aromatic carbocycles. The predicted molar refractivity (Wildman–Crippen MR) is 161 cm³/mol. The highest BCUT2D eigenvalue weighted by molar-refractivity contribution is 14.1. The number of hydrogen-bond acceptors (Lipinski definition) is 3. The zero-order valence-corrected chi connectivity index (χ0v) is 22.1. The van der Waals surface area contributed by atoms with E-state index in [4.69, 9.17) is 9.97 Å². The Hall–Kier alpha value is -3.61. The minimum atomic E-state index is 0.979. The third-order valence-electron chi connectivity index (χ3n) is 6.63. The third-order valence-corrected chi connectivity index (χ3v) is 8.50. The van der Waals surface area contributed by atoms with Crippen LogP contribution in [-0.4, -0.2) is 9.97 Å². The lowest BCUT2D eigenvalue weighted by Crippen LogP contribution is -1.88. The molecular weight excluding hydrogens is 571 g/mol. The lowest BCUT2D eigenvalue weighted by molar-refractivity contribution is 1.32. The summed E-state index contributed by atoms with van der Waals surface area (Å²) in [5.41, 5.74) is 7.64. The van der Waals surface area contributed by atoms with Gasteiger partial charge in [0.2, 0.25) is 0 Å². The van der Waals surface area contributed by atoms with Crippen molar-refractivity contribution < 1.29 is 0 Å². The van der Waals surface area contributed by atoms with E-state index in [2.05, 4.69) is 126 Å². The lowest BCUT2D eigenvalue weighted by atomic mass is 10.0. The zero-order valence-electron chi connectivity index (χ0n) is 19.2. The first-order valence-electron chi connectivity index (χ1n) is 11.8. The summed E-state index contributed by atoms with van der Waals surface area (Å²) >= 11 is 4.17. The Labute approximate surface area is 226 Å². The minimum Gasteiger partial charge on any atom is -0.256 e. The molecule has 0 fully saturated rings. The molecule has 0 radical (unpaired) electrons. The molecule has 2 nitrogen and oxygen atoms in total. The Morgan fingerprint density at radius 2 is 1.28 bits per heavy atom. The lowest BCUT2D eigenvalue weighted by Gasteiger charge is -2.07. The van der Waals surface area contributed by atoms with E-state index in [1.165, 1.54) is 34.9 Å². The molecule has 0 saturated heterocycles. The molecule has 0 atom stereocenters. The van der Waals surface area contributed by atoms with Crippen molar-refractivity contribution in [1.29, 1.82) is 0 Å². The molecule has 0 aliphatic heterocycles. The fraction of sp³-hybridized carbons (Fsp3) is 0. The van der Waals surface area contributed by atoms with E-state index in [1.807, 2.05) is 23.7 Å². The number of fused-ring (bicyclic) bond motifs is 4. The van der Waals surface area contributed by atoms with Gasteiger partial charge in [-0.3, -0.25) is 9.97 Å². The van der Waals surface area contributed by atoms with Crippen LogP contribution < -0.4 is 0 Å². The van der Waals surface area contributed by atoms with E-state index in [-0.39, 0.29) is 0 Å². The van der Waals surface area contributed by atoms with Crippen LogP contribution in [0.3, 0.4) is 0 Å². The van der Waals surface area contributed by atoms with E-state index < -0.39 is 0 Å². The normalized spacial score (nSPS) is 11.5. The summed E-state index contributed by atoms with van der Waals surface area (Å²) in [6.45, 7) is 0. The van der Waals surface area contributed by atoms with Gasteiger partial charge < -0.3 is 0 Å². The van der Waals surface area contributed by atoms with Crippen LogP contribution in [0.4, 0.5) is 0 Å². The average molecular weight is 590 g/mol. The Kier molecular flexibility index (Phi) is 5.29. The first kappa shape index (κ1) is 21.7. The molecular formula is C32H19IN2S. The molecule has 0 aliphatic carbocycles. The molecule has 3 aromatic heterocycles. The molecule has 7 rings (SSSR count). The molecule has 0 saturated carbocycles. The van der Waals surface area contributed by atoms with E-state index in [0.717, 1.165) is 33.3 Å². The highest BCUT2D eigenvalue weighted by Gasteiger charge is 2.09. The molecule has 36 heavy (non-hydrogen) atoms. The molecule has 0 N–H and O–H groups in total. The van der Waals surface area contributed by atoms with Crippen LogP contribution >= 0.6 is 33.9 Å². The smallest absolute Gasteiger partial charge is 0.0708 e. The fourth-order valence-electron chi connectivity index (χ4n) is 4.72. The van der Waals surface area contributed by atoms with Gasteiger partial charge in [0.05, 0.1) is 11.2 Å². The van der Waals surface area contributed by atoms with Gasteiger partial charge in [0.15, 0.2) is 0 Å². The van der Waals surface area contributed by atoms with Crippen molar-refractivity contribution in [2.75, 3.05) is 0 Å². The van der Waals surface area contributed by atoms with Gasteiger partial charge in [0.1, 0.15) is 0 Å². The molecule has 4 heteroatoms. The largest absolute Gasteiger partial charge is 0.256 e. The summed E-state index contributed by atoms with van der Waals surface area (Å²) in [7, 11) is 0. The van der Waals surface area contributed by atoms with Crippen molar-refractivity contribution in [2.45, 2.75) is 0 Å². The summed E-state index contributed by atoms with van der Waals surface area (Å²) in [6.07, 6.45) is 3.90. The number of pyridine rings is 2. The topological polar surface area (TPSA) is 25.8 Å². The maximum atomic E-state index is 4.81. The van der Waals surface area contributed by atoms with Gasteiger partial charge in [-0.05, 0) is 82.2 Å². The number of nitrogens with zero attached hydrogens (tertiary/aromatic N) is 2. The quantitative estimate of drug-likeness (QED) is 0.192. The second-order valence-electron chi connectivity index (χ2n) is 8.88. The van der Waals surface area contributed by atoms with Gasteiger partial charge in [-0.25, -0.2) is 0 Å². The monoisotopic (exact) mass is 590 g/mol. The van der Waals surface area contributed by atoms with Gasteiger partial charge in [-0.1, -0.05) is 54.6 Å². The Morgan fingerprint density at radius 1 is 0.528 bits per heavy atom. The third kappa shape index (κ3) is 3.87. The first-order valence-corrected chi connectivity index (χ1v) is 13.6. The van der Waals surface area contributed by atoms with Crippen LogP contribution in [0, 0.1) is 3.57 Å². The van der Waals surface area contributed by atoms with Crippen molar-refractivity contribution >= 4 is 65.0 Å². The van der Waals surface area contributed by atoms with Gasteiger partial charge in [0, 0.05) is 58.2 Å². The van der Waals surface area contributed by atoms with Gasteiger partial charge >= 0.3 is 0 Å². The summed E-state index contributed by atoms with van der Waals surface area (Å²) in [5, 5.41) is 3.73. The summed E-state index contributed by atoms with van der Waals surface area (Å²) in [4.78, 5) is 9.58. The second-order valence-corrected chi connectivity index (χ2v) is 11.2. The highest BCUT2D eigenvalue weighted by Crippen LogP contribution is 2.36. The van der Waals surface area contributed by atoms with Gasteiger partial charge in [0.25, 0.3) is 0 Å². The van der Waals surface area contributed by atoms with Crippen molar-refractivity contribution in [2.24, 2.45) is 0 Å². The number of thiophene rings is 1. The van der Waals surface area contributed by atoms with Crippen LogP contribution in [0.25, 0.3) is 64.6 Å². The van der Waals surface area contributed by atoms with E-state index in [1.54, 1.807) is 0 Å². The van der Waals surface area contributed by atoms with Crippen molar-refractivity contribution in [3.63, 3.8) is 0 Å². The van der Waals surface area contributed by atoms with E-state index in [9.17, 15) is 0 Å². The molecule has 0 spiro atoms. The van der Waals surface area contributed by atoms with Crippen molar-refractivity contribution in [3.8, 4) is 33.5 Å². The molecule has 7 aromatic rings. The highest BCUT2D eigenvalue weighted by atomic mass is 127. The number of benzene rings is 4. The van der Waals surface area contributed by atoms with E-state index >= 15 is 0 Å². The Bertz CT molecular complexity index is 1890. The maximum Gasteiger partial charge on any atom is 0.0708 e. The number of halogens is 1. The number of hydrogen-bond donors (Lipinski definition) is 0. The van der Waals surface area contributed by atoms with Crippen LogP contribution in [0.1, 0.15) is 0 Å². The summed E-state index contributed by atoms with van der Waals surface area (Å²) in [6, 6.07) is 36.7. The second kappa shape index (κ2) is 8.80. The van der Waals surface area contributed by atoms with Crippen LogP contribution in [0.2, 0.25) is 0 Å². The first-order chi connectivity index (χ1) is 17.7. The molecule has 0 bridgehead atoms. The van der Waals surface area contributed by atoms with Crippen molar-refractivity contribution in [1.82, 2.24) is 9.97 Å². The fourth-order valence-corrected chi connectivity index (χ4v) is 6.17. The molecule has 0 aliphatic rings. The molecule has 170 valence electrons. The Morgan fingerprint density at radius 3 is 2.14 bits per heavy atom. The van der Waals surface area contributed by atoms with Gasteiger partial charge in [-0.15, -0.1) is 11.3 Å². The van der Waals surface area contributed by atoms with Crippen molar-refractivity contribution in [3.05, 3.63) is 119 Å². The predicted octanol–water partition coefficient (Wildman–Crippen LogP) is 9.60. The Balaban J connectivity index is 1.20. The molecule has 3 heterocycles. The van der Waals surface area contributed by atoms with Crippen LogP contribution in [-0.2, 0) is 0 Å². The summed E-state index contributed by atoms with van der Waals surface area (Å²) in [5.74, 6) is 0. The maximum absolute atomic E-state index is 4.81. The van der Waals surface area contributed by atoms with Crippen LogP contribution in [0.5, 0.6) is 0 Å². The zero-order chi connectivity index (χ0) is 24.1.